The van der Waals surface area contributed by atoms with Gasteiger partial charge < -0.3 is 41.1 Å². The van der Waals surface area contributed by atoms with Crippen molar-refractivity contribution in [3.63, 3.8) is 0 Å². The maximum atomic E-state index is 12.7. The van der Waals surface area contributed by atoms with Crippen LogP contribution in [0.4, 0.5) is 4.79 Å². The van der Waals surface area contributed by atoms with Crippen LogP contribution in [0.2, 0.25) is 0 Å². The van der Waals surface area contributed by atoms with Crippen molar-refractivity contribution >= 4 is 41.1 Å². The molecular formula is C36H53N5O8S. The number of carbonyl (C=O) groups excluding carboxylic acids is 4. The zero-order valence-corrected chi connectivity index (χ0v) is 29.8. The smallest absolute Gasteiger partial charge is 0.315 e. The number of urea groups is 1. The van der Waals surface area contributed by atoms with Crippen LogP contribution in [0, 0.1) is 34.5 Å². The minimum atomic E-state index is -0.964. The van der Waals surface area contributed by atoms with Crippen molar-refractivity contribution < 1.29 is 39.0 Å². The Kier molecular flexibility index (Phi) is 10.5. The molecule has 0 aromatic heterocycles. The molecule has 0 aromatic rings. The van der Waals surface area contributed by atoms with Gasteiger partial charge >= 0.3 is 6.03 Å². The maximum absolute atomic E-state index is 12.7. The van der Waals surface area contributed by atoms with E-state index < -0.39 is 18.3 Å². The summed E-state index contributed by atoms with van der Waals surface area (Å²) in [5.74, 6) is 1.04. The van der Waals surface area contributed by atoms with Gasteiger partial charge in [-0.05, 0) is 93.5 Å². The highest BCUT2D eigenvalue weighted by Gasteiger charge is 2.71. The largest absolute Gasteiger partial charge is 0.389 e. The molecule has 3 heterocycles. The Morgan fingerprint density at radius 1 is 1.10 bits per heavy atom. The number of fused-ring (bicyclic) bond motifs is 7. The average Bonchev–Trinajstić information content (AvgIpc) is 3.84. The summed E-state index contributed by atoms with van der Waals surface area (Å²) in [6.07, 6.45) is 10.7. The predicted octanol–water partition coefficient (Wildman–Crippen LogP) is 2.15. The van der Waals surface area contributed by atoms with Gasteiger partial charge in [0.15, 0.2) is 18.7 Å². The second kappa shape index (κ2) is 14.7. The fourth-order valence-corrected chi connectivity index (χ4v) is 12.6. The molecule has 50 heavy (non-hydrogen) atoms. The number of aliphatic hydroxyl groups excluding tert-OH is 2. The SMILES string of the molecule is C[C@]12CC/C(=N\OCC(=O)NCCCNC(=O)CCCCC3SC[C@@H]4NC(=O)N[C@H]34)C=C1CCC1C3CCC(C(=O)CO)[C@@]34C[C@H](O[C@@H]4O)C12. The Balaban J connectivity index is 0.800. The number of allylic oxidation sites excluding steroid dienone is 2. The van der Waals surface area contributed by atoms with Crippen LogP contribution in [-0.4, -0.2) is 101 Å². The van der Waals surface area contributed by atoms with E-state index in [2.05, 4.69) is 39.4 Å². The third-order valence-electron chi connectivity index (χ3n) is 13.3. The molecule has 2 bridgehead atoms. The van der Waals surface area contributed by atoms with Gasteiger partial charge in [0, 0.05) is 41.8 Å². The van der Waals surface area contributed by atoms with Gasteiger partial charge in [-0.2, -0.15) is 11.8 Å². The van der Waals surface area contributed by atoms with Crippen LogP contribution < -0.4 is 21.3 Å². The highest BCUT2D eigenvalue weighted by molar-refractivity contribution is 8.00. The van der Waals surface area contributed by atoms with E-state index in [1.807, 2.05) is 11.8 Å². The maximum Gasteiger partial charge on any atom is 0.315 e. The summed E-state index contributed by atoms with van der Waals surface area (Å²) in [6.45, 7) is 2.58. The minimum Gasteiger partial charge on any atom is -0.389 e. The molecule has 4 amide bonds. The monoisotopic (exact) mass is 715 g/mol. The zero-order valence-electron chi connectivity index (χ0n) is 29.0. The third-order valence-corrected chi connectivity index (χ3v) is 14.8. The van der Waals surface area contributed by atoms with Gasteiger partial charge in [-0.1, -0.05) is 24.1 Å². The predicted molar refractivity (Wildman–Crippen MR) is 186 cm³/mol. The summed E-state index contributed by atoms with van der Waals surface area (Å²) in [4.78, 5) is 54.3. The molecule has 11 atom stereocenters. The number of nitrogens with zero attached hydrogens (tertiary/aromatic N) is 1. The van der Waals surface area contributed by atoms with E-state index in [1.165, 1.54) is 5.57 Å². The topological polar surface area (TPSA) is 188 Å². The third kappa shape index (κ3) is 6.58. The van der Waals surface area contributed by atoms with Crippen molar-refractivity contribution in [1.29, 1.82) is 0 Å². The lowest BCUT2D eigenvalue weighted by molar-refractivity contribution is -0.160. The van der Waals surface area contributed by atoms with E-state index in [9.17, 15) is 29.4 Å². The molecule has 14 heteroatoms. The van der Waals surface area contributed by atoms with Gasteiger partial charge in [0.2, 0.25) is 5.91 Å². The first-order valence-corrected chi connectivity index (χ1v) is 19.8. The van der Waals surface area contributed by atoms with Crippen LogP contribution in [0.25, 0.3) is 0 Å². The number of hydrogen-bond acceptors (Lipinski definition) is 10. The first-order chi connectivity index (χ1) is 24.1. The number of hydrogen-bond donors (Lipinski definition) is 6. The van der Waals surface area contributed by atoms with Gasteiger partial charge in [0.25, 0.3) is 5.91 Å². The molecule has 0 aromatic carbocycles. The summed E-state index contributed by atoms with van der Waals surface area (Å²) in [5, 5.41) is 37.3. The van der Waals surface area contributed by atoms with Crippen LogP contribution in [0.1, 0.15) is 84.0 Å². The fraction of sp³-hybridized carbons (Fsp3) is 0.806. The number of ketones is 1. The summed E-state index contributed by atoms with van der Waals surface area (Å²) < 4.78 is 6.29. The second-order valence-electron chi connectivity index (χ2n) is 15.8. The number of aliphatic hydroxyl groups is 2. The standard InChI is InChI=1S/C36H53N5O8S/c1-35-12-11-21(15-20(35)7-8-22-23-9-10-24(26(43)17-42)36(23)16-27(31(22)35)49-33(36)46)41-48-18-30(45)38-14-4-13-37-29(44)6-3-2-5-28-32-25(19-50-28)39-34(47)40-32/h15,22-25,27-28,31-33,42,46H,2-14,16-19H2,1H3,(H,37,44)(H,38,45)(H2,39,40,47)/b41-21+/t22?,23?,24?,25-,27-,28?,31?,32-,33-,35-,36+/m0/s1. The Bertz CT molecular complexity index is 1410. The van der Waals surface area contributed by atoms with Crippen molar-refractivity contribution in [3.8, 4) is 0 Å². The first-order valence-electron chi connectivity index (χ1n) is 18.7. The lowest BCUT2D eigenvalue weighted by Crippen LogP contribution is -2.55. The number of Topliss-reactive ketones (excluding diaryl/α,β-unsaturated/α-hetero) is 1. The van der Waals surface area contributed by atoms with Crippen molar-refractivity contribution in [2.24, 2.45) is 39.7 Å². The average molecular weight is 716 g/mol. The van der Waals surface area contributed by atoms with Crippen LogP contribution >= 0.6 is 11.8 Å². The van der Waals surface area contributed by atoms with E-state index >= 15 is 0 Å². The highest BCUT2D eigenvalue weighted by Crippen LogP contribution is 2.71. The van der Waals surface area contributed by atoms with E-state index in [1.54, 1.807) is 0 Å². The molecule has 5 unspecified atom stereocenters. The zero-order chi connectivity index (χ0) is 35.0. The second-order valence-corrected chi connectivity index (χ2v) is 17.1. The van der Waals surface area contributed by atoms with Crippen molar-refractivity contribution in [1.82, 2.24) is 21.3 Å². The molecular weight excluding hydrogens is 662 g/mol. The summed E-state index contributed by atoms with van der Waals surface area (Å²) in [7, 11) is 0. The van der Waals surface area contributed by atoms with E-state index in [-0.39, 0.29) is 71.6 Å². The normalized spacial score (nSPS) is 40.1. The Morgan fingerprint density at radius 3 is 2.74 bits per heavy atom. The summed E-state index contributed by atoms with van der Waals surface area (Å²) >= 11 is 1.89. The van der Waals surface area contributed by atoms with E-state index in [4.69, 9.17) is 9.57 Å². The van der Waals surface area contributed by atoms with Gasteiger partial charge in [0.05, 0.1) is 23.9 Å². The van der Waals surface area contributed by atoms with E-state index in [0.717, 1.165) is 62.8 Å². The Morgan fingerprint density at radius 2 is 1.92 bits per heavy atom. The fourth-order valence-electron chi connectivity index (χ4n) is 11.0. The number of rotatable bonds is 14. The van der Waals surface area contributed by atoms with Crippen LogP contribution in [0.15, 0.2) is 16.8 Å². The van der Waals surface area contributed by atoms with Crippen LogP contribution in [0.5, 0.6) is 0 Å². The van der Waals surface area contributed by atoms with Gasteiger partial charge in [-0.25, -0.2) is 4.79 Å². The van der Waals surface area contributed by atoms with Crippen molar-refractivity contribution in [2.75, 3.05) is 32.1 Å². The molecule has 3 aliphatic heterocycles. The Labute approximate surface area is 297 Å². The van der Waals surface area contributed by atoms with Crippen LogP contribution in [0.3, 0.4) is 0 Å². The van der Waals surface area contributed by atoms with Gasteiger partial charge in [-0.3, -0.25) is 14.4 Å². The molecule has 3 saturated carbocycles. The number of carbonyl (C=O) groups is 4. The molecule has 6 N–H and O–H groups in total. The number of ether oxygens (including phenoxy) is 1. The van der Waals surface area contributed by atoms with Crippen LogP contribution in [-0.2, 0) is 24.0 Å². The quantitative estimate of drug-likeness (QED) is 0.0890. The number of thioether (sulfide) groups is 1. The molecule has 6 fully saturated rings. The summed E-state index contributed by atoms with van der Waals surface area (Å²) in [5.41, 5.74) is 1.48. The minimum absolute atomic E-state index is 0.0149. The molecule has 13 nitrogen and oxygen atoms in total. The summed E-state index contributed by atoms with van der Waals surface area (Å²) in [6, 6.07) is 0.348. The first kappa shape index (κ1) is 35.7. The molecule has 276 valence electrons. The van der Waals surface area contributed by atoms with Crippen molar-refractivity contribution in [2.45, 2.75) is 114 Å². The molecule has 1 spiro atoms. The van der Waals surface area contributed by atoms with E-state index in [0.29, 0.717) is 49.9 Å². The van der Waals surface area contributed by atoms with Gasteiger partial charge in [0.1, 0.15) is 6.61 Å². The van der Waals surface area contributed by atoms with Gasteiger partial charge in [-0.15, -0.1) is 0 Å². The molecule has 3 saturated heterocycles. The molecule has 4 aliphatic carbocycles. The molecule has 7 aliphatic rings. The number of oxime groups is 1. The number of unbranched alkanes of at least 4 members (excludes halogenated alkanes) is 1. The van der Waals surface area contributed by atoms with Crippen molar-refractivity contribution in [3.05, 3.63) is 11.6 Å². The lowest BCUT2D eigenvalue weighted by atomic mass is 9.46. The number of amides is 4. The lowest BCUT2D eigenvalue weighted by Gasteiger charge is -2.57. The number of nitrogens with one attached hydrogen (secondary N) is 4. The molecule has 7 rings (SSSR count). The molecule has 0 radical (unpaired) electrons. The highest BCUT2D eigenvalue weighted by atomic mass is 32.2. The Hall–Kier alpha value is -2.68.